The number of methoxy groups -OCH3 is 2. The van der Waals surface area contributed by atoms with E-state index in [9.17, 15) is 14.7 Å². The Hall–Kier alpha value is -3.74. The fourth-order valence-electron chi connectivity index (χ4n) is 2.73. The van der Waals surface area contributed by atoms with Crippen molar-refractivity contribution in [2.45, 2.75) is 0 Å². The van der Waals surface area contributed by atoms with Crippen LogP contribution in [0.5, 0.6) is 11.5 Å². The van der Waals surface area contributed by atoms with E-state index in [1.165, 1.54) is 13.2 Å². The second-order valence-corrected chi connectivity index (χ2v) is 5.66. The fraction of sp³-hybridized carbons (Fsp3) is 0.100. The molecule has 3 N–H and O–H groups in total. The van der Waals surface area contributed by atoms with Crippen molar-refractivity contribution in [1.29, 1.82) is 0 Å². The Kier molecular flexibility index (Phi) is 5.12. The molecular weight excluding hydrogens is 348 g/mol. The molecule has 2 aromatic carbocycles. The first-order valence-electron chi connectivity index (χ1n) is 8.08. The summed E-state index contributed by atoms with van der Waals surface area (Å²) in [5.41, 5.74) is 1.54. The summed E-state index contributed by atoms with van der Waals surface area (Å²) in [5, 5.41) is 12.6. The van der Waals surface area contributed by atoms with Crippen molar-refractivity contribution in [3.05, 3.63) is 59.8 Å². The molecule has 0 radical (unpaired) electrons. The third-order valence-corrected chi connectivity index (χ3v) is 4.00. The van der Waals surface area contributed by atoms with E-state index in [0.29, 0.717) is 22.4 Å². The maximum absolute atomic E-state index is 12.3. The third kappa shape index (κ3) is 3.77. The van der Waals surface area contributed by atoms with Crippen LogP contribution in [0.15, 0.2) is 48.5 Å². The number of rotatable bonds is 6. The summed E-state index contributed by atoms with van der Waals surface area (Å²) in [7, 11) is 3.07. The van der Waals surface area contributed by atoms with Gasteiger partial charge in [-0.1, -0.05) is 24.3 Å². The zero-order valence-electron chi connectivity index (χ0n) is 14.8. The summed E-state index contributed by atoms with van der Waals surface area (Å²) in [6.07, 6.45) is 2.93. The molecule has 7 nitrogen and oxygen atoms in total. The number of benzene rings is 2. The van der Waals surface area contributed by atoms with Crippen LogP contribution in [0, 0.1) is 0 Å². The lowest BCUT2D eigenvalue weighted by Crippen LogP contribution is -2.11. The number of aromatic carboxylic acids is 1. The van der Waals surface area contributed by atoms with Crippen LogP contribution in [0.3, 0.4) is 0 Å². The lowest BCUT2D eigenvalue weighted by molar-refractivity contribution is -0.111. The maximum Gasteiger partial charge on any atom is 0.354 e. The van der Waals surface area contributed by atoms with Gasteiger partial charge in [-0.25, -0.2) is 4.79 Å². The maximum atomic E-state index is 12.3. The third-order valence-electron chi connectivity index (χ3n) is 4.00. The zero-order chi connectivity index (χ0) is 19.4. The molecule has 0 fully saturated rings. The number of carbonyl (C=O) groups excluding carboxylic acids is 1. The van der Waals surface area contributed by atoms with Crippen molar-refractivity contribution in [2.75, 3.05) is 19.5 Å². The highest BCUT2D eigenvalue weighted by atomic mass is 16.5. The molecule has 1 aromatic heterocycles. The number of H-pyrrole nitrogens is 1. The van der Waals surface area contributed by atoms with Gasteiger partial charge in [0.15, 0.2) is 11.5 Å². The van der Waals surface area contributed by atoms with Gasteiger partial charge in [0.25, 0.3) is 0 Å². The summed E-state index contributed by atoms with van der Waals surface area (Å²) >= 11 is 0. The number of anilines is 1. The Morgan fingerprint density at radius 1 is 1.07 bits per heavy atom. The normalized spacial score (nSPS) is 10.9. The molecule has 3 aromatic rings. The van der Waals surface area contributed by atoms with E-state index in [1.807, 2.05) is 0 Å². The summed E-state index contributed by atoms with van der Waals surface area (Å²) in [6, 6.07) is 12.3. The van der Waals surface area contributed by atoms with Crippen molar-refractivity contribution in [3.63, 3.8) is 0 Å². The van der Waals surface area contributed by atoms with E-state index >= 15 is 0 Å². The molecule has 7 heteroatoms. The number of nitrogens with one attached hydrogen (secondary N) is 2. The first-order valence-corrected chi connectivity index (χ1v) is 8.08. The number of carboxylic acids is 1. The van der Waals surface area contributed by atoms with Gasteiger partial charge in [0, 0.05) is 17.0 Å². The molecule has 0 saturated carbocycles. The van der Waals surface area contributed by atoms with Crippen molar-refractivity contribution >= 4 is 34.5 Å². The molecule has 0 saturated heterocycles. The number of hydrogen-bond acceptors (Lipinski definition) is 4. The minimum absolute atomic E-state index is 0.0657. The number of carboxylic acid groups (broad SMARTS) is 1. The Balaban J connectivity index is 1.84. The number of para-hydroxylation sites is 1. The number of ether oxygens (including phenoxy) is 2. The monoisotopic (exact) mass is 366 g/mol. The van der Waals surface area contributed by atoms with Gasteiger partial charge in [0.2, 0.25) is 5.91 Å². The smallest absolute Gasteiger partial charge is 0.354 e. The van der Waals surface area contributed by atoms with Gasteiger partial charge in [0.1, 0.15) is 5.69 Å². The summed E-state index contributed by atoms with van der Waals surface area (Å²) < 4.78 is 10.4. The van der Waals surface area contributed by atoms with Crippen molar-refractivity contribution in [3.8, 4) is 11.5 Å². The predicted octanol–water partition coefficient (Wildman–Crippen LogP) is 3.54. The highest BCUT2D eigenvalue weighted by Crippen LogP contribution is 2.29. The van der Waals surface area contributed by atoms with Crippen molar-refractivity contribution < 1.29 is 24.2 Å². The highest BCUT2D eigenvalue weighted by molar-refractivity contribution is 6.13. The molecule has 1 amide bonds. The van der Waals surface area contributed by atoms with Gasteiger partial charge in [0.05, 0.1) is 19.9 Å². The minimum Gasteiger partial charge on any atom is -0.493 e. The van der Waals surface area contributed by atoms with Crippen LogP contribution in [-0.2, 0) is 4.79 Å². The van der Waals surface area contributed by atoms with E-state index in [2.05, 4.69) is 10.3 Å². The van der Waals surface area contributed by atoms with Crippen LogP contribution in [-0.4, -0.2) is 36.2 Å². The number of hydrogen-bond donors (Lipinski definition) is 3. The lowest BCUT2D eigenvalue weighted by Gasteiger charge is -2.07. The molecule has 1 heterocycles. The zero-order valence-corrected chi connectivity index (χ0v) is 14.8. The van der Waals surface area contributed by atoms with Crippen LogP contribution in [0.4, 0.5) is 5.69 Å². The number of aromatic amines is 1. The summed E-state index contributed by atoms with van der Waals surface area (Å²) in [6.45, 7) is 0. The molecular formula is C20H18N2O5. The average Bonchev–Trinajstić information content (AvgIpc) is 3.05. The Morgan fingerprint density at radius 2 is 1.81 bits per heavy atom. The number of fused-ring (bicyclic) bond motifs is 1. The number of carbonyl (C=O) groups is 2. The van der Waals surface area contributed by atoms with E-state index in [0.717, 1.165) is 5.56 Å². The highest BCUT2D eigenvalue weighted by Gasteiger charge is 2.18. The predicted molar refractivity (Wildman–Crippen MR) is 102 cm³/mol. The largest absolute Gasteiger partial charge is 0.493 e. The Morgan fingerprint density at radius 3 is 2.52 bits per heavy atom. The molecule has 0 aliphatic rings. The SMILES string of the molecule is COc1ccc(/C=C/C(=O)Nc2c(C(=O)O)[nH]c3ccccc23)cc1OC. The fourth-order valence-corrected chi connectivity index (χ4v) is 2.73. The molecule has 0 spiro atoms. The van der Waals surface area contributed by atoms with Gasteiger partial charge >= 0.3 is 5.97 Å². The quantitative estimate of drug-likeness (QED) is 0.580. The standard InChI is InChI=1S/C20H18N2O5/c1-26-15-9-7-12(11-16(15)27-2)8-10-17(23)22-18-13-5-3-4-6-14(13)21-19(18)20(24)25/h3-11,21H,1-2H3,(H,22,23)(H,24,25)/b10-8+. The van der Waals surface area contributed by atoms with Crippen molar-refractivity contribution in [2.24, 2.45) is 0 Å². The van der Waals surface area contributed by atoms with Crippen LogP contribution in [0.1, 0.15) is 16.1 Å². The molecule has 0 aliphatic carbocycles. The molecule has 0 unspecified atom stereocenters. The van der Waals surface area contributed by atoms with Crippen LogP contribution in [0.25, 0.3) is 17.0 Å². The van der Waals surface area contributed by atoms with E-state index in [1.54, 1.807) is 55.7 Å². The average molecular weight is 366 g/mol. The van der Waals surface area contributed by atoms with E-state index < -0.39 is 11.9 Å². The second kappa shape index (κ2) is 7.65. The van der Waals surface area contributed by atoms with E-state index in [4.69, 9.17) is 9.47 Å². The number of aromatic nitrogens is 1. The summed E-state index contributed by atoms with van der Waals surface area (Å²) in [5.74, 6) is -0.462. The molecule has 0 atom stereocenters. The summed E-state index contributed by atoms with van der Waals surface area (Å²) in [4.78, 5) is 26.6. The van der Waals surface area contributed by atoms with Gasteiger partial charge < -0.3 is 24.9 Å². The van der Waals surface area contributed by atoms with Gasteiger partial charge in [-0.2, -0.15) is 0 Å². The van der Waals surface area contributed by atoms with Crippen LogP contribution < -0.4 is 14.8 Å². The van der Waals surface area contributed by atoms with Gasteiger partial charge in [-0.3, -0.25) is 4.79 Å². The Bertz CT molecular complexity index is 1040. The Labute approximate surface area is 155 Å². The minimum atomic E-state index is -1.15. The topological polar surface area (TPSA) is 101 Å². The van der Waals surface area contributed by atoms with Gasteiger partial charge in [-0.05, 0) is 29.8 Å². The molecule has 0 bridgehead atoms. The lowest BCUT2D eigenvalue weighted by atomic mass is 10.2. The molecule has 27 heavy (non-hydrogen) atoms. The first kappa shape index (κ1) is 18.1. The molecule has 138 valence electrons. The second-order valence-electron chi connectivity index (χ2n) is 5.66. The van der Waals surface area contributed by atoms with Crippen LogP contribution >= 0.6 is 0 Å². The van der Waals surface area contributed by atoms with Gasteiger partial charge in [-0.15, -0.1) is 0 Å². The first-order chi connectivity index (χ1) is 13.0. The molecule has 3 rings (SSSR count). The van der Waals surface area contributed by atoms with E-state index in [-0.39, 0.29) is 11.4 Å². The number of amides is 1. The molecule has 0 aliphatic heterocycles. The van der Waals surface area contributed by atoms with Crippen molar-refractivity contribution in [1.82, 2.24) is 4.98 Å². The van der Waals surface area contributed by atoms with Crippen LogP contribution in [0.2, 0.25) is 0 Å².